The Morgan fingerprint density at radius 1 is 1.24 bits per heavy atom. The average Bonchev–Trinajstić information content (AvgIpc) is 3.24. The molecule has 3 aliphatic rings. The molecule has 1 aromatic rings. The molecule has 2 heterocycles. The third-order valence-electron chi connectivity index (χ3n) is 5.22. The van der Waals surface area contributed by atoms with Crippen molar-refractivity contribution in [3.05, 3.63) is 11.9 Å². The molecule has 3 N–H and O–H groups in total. The highest BCUT2D eigenvalue weighted by Gasteiger charge is 2.33. The largest absolute Gasteiger partial charge is 0.381 e. The molecule has 0 aromatic carbocycles. The van der Waals surface area contributed by atoms with Crippen molar-refractivity contribution in [3.8, 4) is 0 Å². The van der Waals surface area contributed by atoms with Crippen molar-refractivity contribution in [1.29, 1.82) is 0 Å². The van der Waals surface area contributed by atoms with E-state index in [1.807, 2.05) is 0 Å². The summed E-state index contributed by atoms with van der Waals surface area (Å²) in [6, 6.07) is 1.12. The van der Waals surface area contributed by atoms with Crippen molar-refractivity contribution in [2.45, 2.75) is 56.5 Å². The van der Waals surface area contributed by atoms with Crippen LogP contribution in [0.15, 0.2) is 6.20 Å². The molecule has 0 spiro atoms. The van der Waals surface area contributed by atoms with Crippen LogP contribution in [0, 0.1) is 5.92 Å². The second-order valence-electron chi connectivity index (χ2n) is 6.94. The van der Waals surface area contributed by atoms with Crippen LogP contribution in [-0.2, 0) is 4.74 Å². The van der Waals surface area contributed by atoms with Gasteiger partial charge in [-0.1, -0.05) is 0 Å². The molecule has 2 saturated carbocycles. The van der Waals surface area contributed by atoms with Crippen LogP contribution in [0.2, 0.25) is 0 Å². The Kier molecular flexibility index (Phi) is 3.63. The number of anilines is 1. The van der Waals surface area contributed by atoms with E-state index in [-0.39, 0.29) is 0 Å². The summed E-state index contributed by atoms with van der Waals surface area (Å²) in [5.41, 5.74) is 8.31. The van der Waals surface area contributed by atoms with Gasteiger partial charge in [0, 0.05) is 31.4 Å². The van der Waals surface area contributed by atoms with Crippen molar-refractivity contribution < 1.29 is 4.74 Å². The van der Waals surface area contributed by atoms with Crippen LogP contribution in [0.1, 0.15) is 56.2 Å². The number of ether oxygens (including phenoxy) is 1. The third-order valence-corrected chi connectivity index (χ3v) is 5.22. The first kappa shape index (κ1) is 13.6. The van der Waals surface area contributed by atoms with Gasteiger partial charge in [-0.25, -0.2) is 0 Å². The minimum absolute atomic E-state index is 0.519. The maximum absolute atomic E-state index is 5.72. The molecule has 3 fully saturated rings. The van der Waals surface area contributed by atoms with Crippen LogP contribution in [0.3, 0.4) is 0 Å². The van der Waals surface area contributed by atoms with E-state index < -0.39 is 0 Å². The van der Waals surface area contributed by atoms with E-state index in [1.54, 1.807) is 0 Å². The summed E-state index contributed by atoms with van der Waals surface area (Å²) in [7, 11) is 0. The average molecular weight is 290 g/mol. The van der Waals surface area contributed by atoms with Gasteiger partial charge >= 0.3 is 0 Å². The van der Waals surface area contributed by atoms with Crippen molar-refractivity contribution in [3.63, 3.8) is 0 Å². The zero-order chi connectivity index (χ0) is 14.2. The Morgan fingerprint density at radius 3 is 2.67 bits per heavy atom. The Morgan fingerprint density at radius 2 is 2.00 bits per heavy atom. The van der Waals surface area contributed by atoms with Gasteiger partial charge in [0.2, 0.25) is 0 Å². The molecular formula is C16H26N4O. The van der Waals surface area contributed by atoms with Gasteiger partial charge in [-0.05, 0) is 51.0 Å². The van der Waals surface area contributed by atoms with E-state index in [9.17, 15) is 0 Å². The maximum Gasteiger partial charge on any atom is 0.0886 e. The van der Waals surface area contributed by atoms with Crippen molar-refractivity contribution in [2.75, 3.05) is 25.1 Å². The fourth-order valence-electron chi connectivity index (χ4n) is 3.58. The molecule has 0 unspecified atom stereocenters. The summed E-state index contributed by atoms with van der Waals surface area (Å²) in [6.07, 6.45) is 9.45. The highest BCUT2D eigenvalue weighted by atomic mass is 16.5. The standard InChI is InChI=1S/C16H26N4O/c17-9-11-7-13(8-11)18-15-10-20(14-3-5-21-6-4-14)19-16(15)12-1-2-12/h10-14,18H,1-9,17H2. The smallest absolute Gasteiger partial charge is 0.0886 e. The first-order chi connectivity index (χ1) is 10.3. The normalized spacial score (nSPS) is 30.1. The minimum Gasteiger partial charge on any atom is -0.381 e. The van der Waals surface area contributed by atoms with Gasteiger partial charge in [0.1, 0.15) is 0 Å². The number of nitrogens with two attached hydrogens (primary N) is 1. The summed E-state index contributed by atoms with van der Waals surface area (Å²) < 4.78 is 7.67. The van der Waals surface area contributed by atoms with Crippen LogP contribution in [0.5, 0.6) is 0 Å². The predicted molar refractivity (Wildman–Crippen MR) is 82.5 cm³/mol. The van der Waals surface area contributed by atoms with Gasteiger partial charge in [0.15, 0.2) is 0 Å². The van der Waals surface area contributed by atoms with Gasteiger partial charge in [-0.15, -0.1) is 0 Å². The van der Waals surface area contributed by atoms with Crippen molar-refractivity contribution in [2.24, 2.45) is 11.7 Å². The molecule has 1 aromatic heterocycles. The maximum atomic E-state index is 5.72. The summed E-state index contributed by atoms with van der Waals surface area (Å²) in [5, 5.41) is 8.64. The first-order valence-corrected chi connectivity index (χ1v) is 8.47. The van der Waals surface area contributed by atoms with E-state index >= 15 is 0 Å². The lowest BCUT2D eigenvalue weighted by atomic mass is 9.80. The topological polar surface area (TPSA) is 65.1 Å². The van der Waals surface area contributed by atoms with Crippen LogP contribution in [-0.4, -0.2) is 35.6 Å². The Labute approximate surface area is 126 Å². The minimum atomic E-state index is 0.519. The number of rotatable bonds is 5. The van der Waals surface area contributed by atoms with E-state index in [0.717, 1.165) is 38.5 Å². The number of nitrogens with one attached hydrogen (secondary N) is 1. The molecule has 116 valence electrons. The van der Waals surface area contributed by atoms with Gasteiger partial charge in [-0.2, -0.15) is 5.10 Å². The van der Waals surface area contributed by atoms with E-state index in [1.165, 1.54) is 37.1 Å². The molecule has 0 bridgehead atoms. The molecule has 0 atom stereocenters. The molecule has 0 amide bonds. The quantitative estimate of drug-likeness (QED) is 0.873. The monoisotopic (exact) mass is 290 g/mol. The van der Waals surface area contributed by atoms with E-state index in [2.05, 4.69) is 16.2 Å². The molecule has 5 heteroatoms. The van der Waals surface area contributed by atoms with Gasteiger partial charge in [0.25, 0.3) is 0 Å². The molecule has 2 aliphatic carbocycles. The van der Waals surface area contributed by atoms with Crippen LogP contribution in [0.25, 0.3) is 0 Å². The highest BCUT2D eigenvalue weighted by Crippen LogP contribution is 2.44. The zero-order valence-electron chi connectivity index (χ0n) is 12.6. The van der Waals surface area contributed by atoms with Crippen LogP contribution >= 0.6 is 0 Å². The molecule has 21 heavy (non-hydrogen) atoms. The fourth-order valence-corrected chi connectivity index (χ4v) is 3.58. The van der Waals surface area contributed by atoms with Crippen molar-refractivity contribution in [1.82, 2.24) is 9.78 Å². The molecule has 1 aliphatic heterocycles. The van der Waals surface area contributed by atoms with E-state index in [4.69, 9.17) is 15.6 Å². The van der Waals surface area contributed by atoms with Gasteiger partial charge in [0.05, 0.1) is 17.4 Å². The summed E-state index contributed by atoms with van der Waals surface area (Å²) in [5.74, 6) is 1.41. The lowest BCUT2D eigenvalue weighted by Gasteiger charge is -2.35. The van der Waals surface area contributed by atoms with Gasteiger partial charge < -0.3 is 15.8 Å². The number of nitrogens with zero attached hydrogens (tertiary/aromatic N) is 2. The Balaban J connectivity index is 1.47. The SMILES string of the molecule is NCC1CC(Nc2cn(C3CCOCC3)nc2C2CC2)C1. The second kappa shape index (κ2) is 5.61. The highest BCUT2D eigenvalue weighted by molar-refractivity contribution is 5.50. The van der Waals surface area contributed by atoms with E-state index in [0.29, 0.717) is 18.0 Å². The first-order valence-electron chi connectivity index (χ1n) is 8.47. The summed E-state index contributed by atoms with van der Waals surface area (Å²) >= 11 is 0. The summed E-state index contributed by atoms with van der Waals surface area (Å²) in [6.45, 7) is 2.56. The lowest BCUT2D eigenvalue weighted by Crippen LogP contribution is -2.39. The third kappa shape index (κ3) is 2.81. The number of hydrogen-bond donors (Lipinski definition) is 2. The number of hydrogen-bond acceptors (Lipinski definition) is 4. The zero-order valence-corrected chi connectivity index (χ0v) is 12.6. The summed E-state index contributed by atoms with van der Waals surface area (Å²) in [4.78, 5) is 0. The Bertz CT molecular complexity index is 484. The second-order valence-corrected chi connectivity index (χ2v) is 6.94. The van der Waals surface area contributed by atoms with Crippen LogP contribution < -0.4 is 11.1 Å². The fraction of sp³-hybridized carbons (Fsp3) is 0.812. The number of aromatic nitrogens is 2. The predicted octanol–water partition coefficient (Wildman–Crippen LogP) is 2.26. The molecule has 4 rings (SSSR count). The van der Waals surface area contributed by atoms with Crippen molar-refractivity contribution >= 4 is 5.69 Å². The molecule has 1 saturated heterocycles. The molecule has 0 radical (unpaired) electrons. The van der Waals surface area contributed by atoms with Gasteiger partial charge in [-0.3, -0.25) is 4.68 Å². The molecular weight excluding hydrogens is 264 g/mol. The Hall–Kier alpha value is -1.07. The van der Waals surface area contributed by atoms with Crippen LogP contribution in [0.4, 0.5) is 5.69 Å². The molecule has 5 nitrogen and oxygen atoms in total. The lowest BCUT2D eigenvalue weighted by molar-refractivity contribution is 0.0661.